The number of hydrogen-bond acceptors (Lipinski definition) is 3. The Kier molecular flexibility index (Phi) is 29.2. The maximum absolute atomic E-state index is 13.2. The second-order valence-corrected chi connectivity index (χ2v) is 16.4. The van der Waals surface area contributed by atoms with E-state index in [4.69, 9.17) is 0 Å². The lowest BCUT2D eigenvalue weighted by molar-refractivity contribution is -0.886. The van der Waals surface area contributed by atoms with Crippen LogP contribution in [0, 0.1) is 0 Å². The fourth-order valence-corrected chi connectivity index (χ4v) is 7.83. The van der Waals surface area contributed by atoms with Crippen molar-refractivity contribution in [2.24, 2.45) is 0 Å². The van der Waals surface area contributed by atoms with Crippen molar-refractivity contribution in [1.29, 1.82) is 0 Å². The number of carbonyl (C=O) groups is 2. The number of quaternary nitrogens is 1. The first-order chi connectivity index (χ1) is 21.6. The van der Waals surface area contributed by atoms with Crippen molar-refractivity contribution in [2.45, 2.75) is 212 Å². The summed E-state index contributed by atoms with van der Waals surface area (Å²) < 4.78 is 0.425. The number of nitrogens with zero attached hydrogens (tertiary/aromatic N) is 1. The van der Waals surface area contributed by atoms with Gasteiger partial charge >= 0.3 is 0 Å². The molecular weight excluding hydrogens is 573 g/mol. The molecule has 0 rings (SSSR count). The summed E-state index contributed by atoms with van der Waals surface area (Å²) in [5.74, 6) is -0.479. The summed E-state index contributed by atoms with van der Waals surface area (Å²) in [6.45, 7) is 6.20. The predicted octanol–water partition coefficient (Wildman–Crippen LogP) is 12.1. The number of rotatable bonds is 34. The summed E-state index contributed by atoms with van der Waals surface area (Å²) in [4.78, 5) is 26.1. The molecule has 0 heterocycles. The van der Waals surface area contributed by atoms with Gasteiger partial charge in [-0.3, -0.25) is 9.59 Å². The number of ketones is 1. The number of unbranched alkanes of at least 4 members (excludes halogenated alkanes) is 23. The van der Waals surface area contributed by atoms with Crippen LogP contribution in [0.1, 0.15) is 201 Å². The molecule has 0 aliphatic carbocycles. The first kappa shape index (κ1) is 44.4. The van der Waals surface area contributed by atoms with Gasteiger partial charge in [0.05, 0.1) is 21.1 Å². The monoisotopic (exact) mass is 653 g/mol. The summed E-state index contributed by atoms with van der Waals surface area (Å²) >= 11 is 0. The summed E-state index contributed by atoms with van der Waals surface area (Å²) in [5, 5.41) is 11.4. The molecule has 3 atom stereocenters. The zero-order valence-corrected chi connectivity index (χ0v) is 32.2. The Bertz CT molecular complexity index is 728. The van der Waals surface area contributed by atoms with Crippen LogP contribution < -0.4 is 0 Å². The van der Waals surface area contributed by atoms with E-state index in [1.807, 2.05) is 21.1 Å². The van der Waals surface area contributed by atoms with Crippen LogP contribution in [0.4, 0.5) is 0 Å². The molecule has 0 spiro atoms. The molecule has 0 aliphatic rings. The number of allylic oxidation sites excluding steroid dienone is 2. The average Bonchev–Trinajstić information content (AvgIpc) is 2.99. The largest absolute Gasteiger partial charge is 0.376 e. The van der Waals surface area contributed by atoms with Gasteiger partial charge < -0.3 is 9.59 Å². The molecule has 0 fully saturated rings. The lowest BCUT2D eigenvalue weighted by atomic mass is 9.94. The molecule has 4 nitrogen and oxygen atoms in total. The Morgan fingerprint density at radius 3 is 1.29 bits per heavy atom. The highest BCUT2D eigenvalue weighted by Gasteiger charge is 2.47. The van der Waals surface area contributed by atoms with E-state index in [0.29, 0.717) is 17.3 Å². The van der Waals surface area contributed by atoms with E-state index in [2.05, 4.69) is 26.0 Å². The van der Waals surface area contributed by atoms with Gasteiger partial charge in [-0.2, -0.15) is 0 Å². The highest BCUT2D eigenvalue weighted by molar-refractivity contribution is 7.58. The second-order valence-electron chi connectivity index (χ2n) is 15.0. The third kappa shape index (κ3) is 26.1. The van der Waals surface area contributed by atoms with Crippen molar-refractivity contribution in [3.63, 3.8) is 0 Å². The molecule has 0 aromatic carbocycles. The highest BCUT2D eigenvalue weighted by Crippen LogP contribution is 2.37. The topological polar surface area (TPSA) is 54.4 Å². The molecule has 0 saturated heterocycles. The molecule has 5 heteroatoms. The van der Waals surface area contributed by atoms with Gasteiger partial charge in [0.25, 0.3) is 0 Å². The molecule has 0 radical (unpaired) electrons. The van der Waals surface area contributed by atoms with Crippen LogP contribution in [0.25, 0.3) is 0 Å². The van der Waals surface area contributed by atoms with E-state index in [0.717, 1.165) is 25.7 Å². The average molecular weight is 653 g/mol. The van der Waals surface area contributed by atoms with Crippen LogP contribution >= 0.6 is 8.58 Å². The lowest BCUT2D eigenvalue weighted by Crippen LogP contribution is -2.59. The standard InChI is InChI=1S/C40H79NO3P/c1-7-9-11-13-15-17-19-21-22-24-26-28-30-32-34-36-38(43)45-39(41(4,5)6)40(3,44)37(42)35-33-31-29-27-25-23-20-18-16-14-12-10-8-2/h21-22,39,44-45H,7-20,23-36H2,1-6H3/q+1/b22-21-. The molecule has 0 aliphatic heterocycles. The smallest absolute Gasteiger partial charge is 0.176 e. The van der Waals surface area contributed by atoms with Gasteiger partial charge in [0.1, 0.15) is 5.78 Å². The van der Waals surface area contributed by atoms with E-state index in [-0.39, 0.29) is 25.7 Å². The van der Waals surface area contributed by atoms with Crippen LogP contribution in [0.15, 0.2) is 12.2 Å². The molecule has 0 bridgehead atoms. The predicted molar refractivity (Wildman–Crippen MR) is 201 cm³/mol. The third-order valence-electron chi connectivity index (χ3n) is 9.34. The molecule has 266 valence electrons. The van der Waals surface area contributed by atoms with E-state index in [1.165, 1.54) is 141 Å². The quantitative estimate of drug-likeness (QED) is 0.0326. The molecule has 0 aromatic heterocycles. The summed E-state index contributed by atoms with van der Waals surface area (Å²) in [6, 6.07) is 0. The van der Waals surface area contributed by atoms with Gasteiger partial charge in [0, 0.05) is 21.4 Å². The van der Waals surface area contributed by atoms with Gasteiger partial charge in [-0.15, -0.1) is 0 Å². The molecule has 0 saturated carbocycles. The van der Waals surface area contributed by atoms with Crippen molar-refractivity contribution < 1.29 is 19.2 Å². The minimum absolute atomic E-state index is 0.0388. The van der Waals surface area contributed by atoms with Crippen LogP contribution in [-0.4, -0.2) is 53.4 Å². The highest BCUT2D eigenvalue weighted by atomic mass is 31.1. The summed E-state index contributed by atoms with van der Waals surface area (Å²) in [6.07, 6.45) is 38.4. The maximum Gasteiger partial charge on any atom is 0.176 e. The summed E-state index contributed by atoms with van der Waals surface area (Å²) in [7, 11) is 5.96. The van der Waals surface area contributed by atoms with Gasteiger partial charge in [0.15, 0.2) is 16.9 Å². The van der Waals surface area contributed by atoms with Crippen molar-refractivity contribution in [3.05, 3.63) is 12.2 Å². The van der Waals surface area contributed by atoms with Gasteiger partial charge in [-0.1, -0.05) is 154 Å². The van der Waals surface area contributed by atoms with Gasteiger partial charge in [-0.25, -0.2) is 0 Å². The van der Waals surface area contributed by atoms with Crippen LogP contribution in [0.3, 0.4) is 0 Å². The Hall–Kier alpha value is -0.570. The molecule has 1 N–H and O–H groups in total. The van der Waals surface area contributed by atoms with Gasteiger partial charge in [-0.05, 0) is 45.4 Å². The SMILES string of the molecule is CCCCCCCC/C=C\CCCCCCCC(=O)PC(C(C)(O)C(=O)CCCCCCCCCCCCCCC)[N+](C)(C)C. The van der Waals surface area contributed by atoms with Crippen LogP contribution in [0.2, 0.25) is 0 Å². The van der Waals surface area contributed by atoms with E-state index in [1.54, 1.807) is 6.92 Å². The number of aliphatic hydroxyl groups is 1. The first-order valence-electron chi connectivity index (χ1n) is 19.6. The number of Topliss-reactive ketones (excluding diaryl/α,β-unsaturated/α-hetero) is 1. The Morgan fingerprint density at radius 1 is 0.578 bits per heavy atom. The van der Waals surface area contributed by atoms with E-state index < -0.39 is 5.60 Å². The Morgan fingerprint density at radius 2 is 0.911 bits per heavy atom. The fraction of sp³-hybridized carbons (Fsp3) is 0.900. The summed E-state index contributed by atoms with van der Waals surface area (Å²) in [5.41, 5.74) is -1.26. The molecule has 45 heavy (non-hydrogen) atoms. The minimum Gasteiger partial charge on any atom is -0.376 e. The lowest BCUT2D eigenvalue weighted by Gasteiger charge is -2.41. The molecule has 3 unspecified atom stereocenters. The maximum atomic E-state index is 13.2. The molecular formula is C40H79NO3P+. The Labute approximate surface area is 283 Å². The normalized spacial score (nSPS) is 14.5. The van der Waals surface area contributed by atoms with Crippen molar-refractivity contribution in [3.8, 4) is 0 Å². The van der Waals surface area contributed by atoms with E-state index in [9.17, 15) is 14.7 Å². The third-order valence-corrected chi connectivity index (χ3v) is 11.5. The Balaban J connectivity index is 4.11. The molecule has 0 amide bonds. The number of carbonyl (C=O) groups excluding carboxylic acids is 2. The zero-order valence-electron chi connectivity index (χ0n) is 31.2. The van der Waals surface area contributed by atoms with Crippen molar-refractivity contribution >= 4 is 19.9 Å². The van der Waals surface area contributed by atoms with Crippen LogP contribution in [-0.2, 0) is 9.59 Å². The zero-order chi connectivity index (χ0) is 33.7. The fourth-order valence-electron chi connectivity index (χ4n) is 6.38. The van der Waals surface area contributed by atoms with Crippen LogP contribution in [0.5, 0.6) is 0 Å². The first-order valence-corrected chi connectivity index (χ1v) is 20.7. The number of hydrogen-bond donors (Lipinski definition) is 1. The van der Waals surface area contributed by atoms with Gasteiger partial charge in [0.2, 0.25) is 0 Å². The minimum atomic E-state index is -1.47. The second kappa shape index (κ2) is 29.6. The van der Waals surface area contributed by atoms with Crippen molar-refractivity contribution in [2.75, 3.05) is 21.1 Å². The molecule has 0 aromatic rings. The number of likely N-dealkylation sites (N-methyl/N-ethyl adjacent to an activating group) is 1. The van der Waals surface area contributed by atoms with Crippen molar-refractivity contribution in [1.82, 2.24) is 0 Å². The van der Waals surface area contributed by atoms with E-state index >= 15 is 0 Å².